The number of hydrogen-bond acceptors (Lipinski definition) is 4. The third kappa shape index (κ3) is 7.69. The molecule has 0 spiro atoms. The minimum absolute atomic E-state index is 0. The molecule has 0 amide bonds. The molecule has 0 aliphatic carbocycles. The lowest BCUT2D eigenvalue weighted by Crippen LogP contribution is -2.50. The second-order valence-electron chi connectivity index (χ2n) is 6.57. The van der Waals surface area contributed by atoms with Crippen LogP contribution in [-0.4, -0.2) is 70.4 Å². The molecule has 2 rings (SSSR count). The van der Waals surface area contributed by atoms with Gasteiger partial charge in [0.15, 0.2) is 5.96 Å². The van der Waals surface area contributed by atoms with Gasteiger partial charge >= 0.3 is 0 Å². The van der Waals surface area contributed by atoms with E-state index in [2.05, 4.69) is 21.7 Å². The minimum Gasteiger partial charge on any atom is -0.377 e. The first kappa shape index (κ1) is 23.6. The SMILES string of the molecule is CCCS(=O)(=O)N1CCC(NC(=NC)NCCC2=CCOCC2)CC1.I. The highest BCUT2D eigenvalue weighted by atomic mass is 127. The Labute approximate surface area is 175 Å². The van der Waals surface area contributed by atoms with E-state index >= 15 is 0 Å². The summed E-state index contributed by atoms with van der Waals surface area (Å²) in [5.41, 5.74) is 1.43. The summed E-state index contributed by atoms with van der Waals surface area (Å²) in [6.45, 7) is 5.46. The average molecular weight is 500 g/mol. The Morgan fingerprint density at radius 1 is 1.38 bits per heavy atom. The zero-order chi connectivity index (χ0) is 18.1. The number of guanidine groups is 1. The van der Waals surface area contributed by atoms with Gasteiger partial charge in [0.25, 0.3) is 0 Å². The predicted octanol–water partition coefficient (Wildman–Crippen LogP) is 1.71. The van der Waals surface area contributed by atoms with Crippen molar-refractivity contribution < 1.29 is 13.2 Å². The molecule has 26 heavy (non-hydrogen) atoms. The zero-order valence-electron chi connectivity index (χ0n) is 15.9. The van der Waals surface area contributed by atoms with Crippen LogP contribution in [0.25, 0.3) is 0 Å². The molecule has 2 heterocycles. The van der Waals surface area contributed by atoms with E-state index in [1.165, 1.54) is 5.57 Å². The molecule has 0 unspecified atom stereocenters. The van der Waals surface area contributed by atoms with Crippen molar-refractivity contribution in [2.45, 2.75) is 45.1 Å². The largest absolute Gasteiger partial charge is 0.377 e. The van der Waals surface area contributed by atoms with Gasteiger partial charge < -0.3 is 15.4 Å². The number of aliphatic imine (C=N–C) groups is 1. The highest BCUT2D eigenvalue weighted by molar-refractivity contribution is 14.0. The van der Waals surface area contributed by atoms with Gasteiger partial charge in [0.1, 0.15) is 0 Å². The summed E-state index contributed by atoms with van der Waals surface area (Å²) in [5.74, 6) is 1.04. The summed E-state index contributed by atoms with van der Waals surface area (Å²) >= 11 is 0. The normalized spacial score (nSPS) is 20.2. The van der Waals surface area contributed by atoms with E-state index in [0.717, 1.165) is 51.4 Å². The van der Waals surface area contributed by atoms with Crippen molar-refractivity contribution in [1.82, 2.24) is 14.9 Å². The first-order valence-electron chi connectivity index (χ1n) is 9.26. The maximum absolute atomic E-state index is 12.1. The lowest BCUT2D eigenvalue weighted by atomic mass is 10.1. The Kier molecular flexibility index (Phi) is 11.0. The molecule has 152 valence electrons. The summed E-state index contributed by atoms with van der Waals surface area (Å²) in [7, 11) is -1.31. The molecule has 1 saturated heterocycles. The summed E-state index contributed by atoms with van der Waals surface area (Å²) in [6.07, 6.45) is 6.46. The van der Waals surface area contributed by atoms with E-state index in [1.807, 2.05) is 6.92 Å². The van der Waals surface area contributed by atoms with Crippen molar-refractivity contribution in [3.8, 4) is 0 Å². The molecule has 2 aliphatic heterocycles. The van der Waals surface area contributed by atoms with Crippen molar-refractivity contribution in [3.05, 3.63) is 11.6 Å². The molecular weight excluding hydrogens is 467 g/mol. The maximum Gasteiger partial charge on any atom is 0.214 e. The molecule has 0 saturated carbocycles. The zero-order valence-corrected chi connectivity index (χ0v) is 19.0. The van der Waals surface area contributed by atoms with Crippen LogP contribution in [0.4, 0.5) is 0 Å². The van der Waals surface area contributed by atoms with E-state index in [4.69, 9.17) is 4.74 Å². The highest BCUT2D eigenvalue weighted by Gasteiger charge is 2.27. The summed E-state index contributed by atoms with van der Waals surface area (Å²) < 4.78 is 31.2. The number of ether oxygens (including phenoxy) is 1. The van der Waals surface area contributed by atoms with Crippen LogP contribution in [0.15, 0.2) is 16.6 Å². The average Bonchev–Trinajstić information content (AvgIpc) is 2.62. The summed E-state index contributed by atoms with van der Waals surface area (Å²) in [4.78, 5) is 4.28. The molecule has 0 atom stereocenters. The fourth-order valence-electron chi connectivity index (χ4n) is 3.19. The van der Waals surface area contributed by atoms with Crippen molar-refractivity contribution in [2.75, 3.05) is 45.6 Å². The van der Waals surface area contributed by atoms with Crippen LogP contribution in [0.5, 0.6) is 0 Å². The number of halogens is 1. The van der Waals surface area contributed by atoms with Crippen LogP contribution < -0.4 is 10.6 Å². The number of sulfonamides is 1. The molecule has 2 aliphatic rings. The van der Waals surface area contributed by atoms with Gasteiger partial charge in [-0.05, 0) is 32.1 Å². The van der Waals surface area contributed by atoms with Gasteiger partial charge in [0.2, 0.25) is 10.0 Å². The Hall–Kier alpha value is -0.390. The first-order valence-corrected chi connectivity index (χ1v) is 10.9. The van der Waals surface area contributed by atoms with Gasteiger partial charge in [-0.2, -0.15) is 0 Å². The van der Waals surface area contributed by atoms with Gasteiger partial charge in [-0.3, -0.25) is 4.99 Å². The molecule has 0 aromatic heterocycles. The summed E-state index contributed by atoms with van der Waals surface area (Å²) in [6, 6.07) is 0.265. The number of nitrogens with zero attached hydrogens (tertiary/aromatic N) is 2. The van der Waals surface area contributed by atoms with Crippen LogP contribution in [0.2, 0.25) is 0 Å². The molecule has 0 radical (unpaired) electrons. The van der Waals surface area contributed by atoms with E-state index < -0.39 is 10.0 Å². The quantitative estimate of drug-likeness (QED) is 0.241. The number of rotatable bonds is 7. The molecule has 0 aromatic rings. The third-order valence-electron chi connectivity index (χ3n) is 4.67. The molecular formula is C17H33IN4O3S. The topological polar surface area (TPSA) is 83.0 Å². The van der Waals surface area contributed by atoms with Crippen LogP contribution in [0.3, 0.4) is 0 Å². The Balaban J connectivity index is 0.00000338. The van der Waals surface area contributed by atoms with Crippen molar-refractivity contribution in [3.63, 3.8) is 0 Å². The summed E-state index contributed by atoms with van der Waals surface area (Å²) in [5, 5.41) is 6.77. The van der Waals surface area contributed by atoms with Crippen molar-refractivity contribution in [1.29, 1.82) is 0 Å². The fraction of sp³-hybridized carbons (Fsp3) is 0.824. The van der Waals surface area contributed by atoms with E-state index in [1.54, 1.807) is 11.4 Å². The molecule has 2 N–H and O–H groups in total. The fourth-order valence-corrected chi connectivity index (χ4v) is 4.73. The molecule has 0 bridgehead atoms. The van der Waals surface area contributed by atoms with Crippen molar-refractivity contribution >= 4 is 40.0 Å². The Morgan fingerprint density at radius 3 is 2.69 bits per heavy atom. The number of nitrogens with one attached hydrogen (secondary N) is 2. The van der Waals surface area contributed by atoms with E-state index in [9.17, 15) is 8.42 Å². The lowest BCUT2D eigenvalue weighted by Gasteiger charge is -2.32. The molecule has 0 aromatic carbocycles. The van der Waals surface area contributed by atoms with Gasteiger partial charge in [-0.25, -0.2) is 12.7 Å². The van der Waals surface area contributed by atoms with Crippen molar-refractivity contribution in [2.24, 2.45) is 4.99 Å². The number of hydrogen-bond donors (Lipinski definition) is 2. The van der Waals surface area contributed by atoms with Crippen LogP contribution in [-0.2, 0) is 14.8 Å². The minimum atomic E-state index is -3.07. The van der Waals surface area contributed by atoms with Crippen LogP contribution in [0.1, 0.15) is 39.0 Å². The van der Waals surface area contributed by atoms with Crippen LogP contribution in [0, 0.1) is 0 Å². The van der Waals surface area contributed by atoms with Gasteiger partial charge in [-0.1, -0.05) is 18.6 Å². The predicted molar refractivity (Wildman–Crippen MR) is 117 cm³/mol. The smallest absolute Gasteiger partial charge is 0.214 e. The van der Waals surface area contributed by atoms with Gasteiger partial charge in [0.05, 0.1) is 19.0 Å². The second-order valence-corrected chi connectivity index (χ2v) is 8.66. The van der Waals surface area contributed by atoms with Gasteiger partial charge in [-0.15, -0.1) is 24.0 Å². The lowest BCUT2D eigenvalue weighted by molar-refractivity contribution is 0.153. The Morgan fingerprint density at radius 2 is 2.12 bits per heavy atom. The molecule has 9 heteroatoms. The first-order chi connectivity index (χ1) is 12.0. The molecule has 1 fully saturated rings. The standard InChI is InChI=1S/C17H32N4O3S.HI/c1-3-14-25(22,23)21-10-5-16(6-11-21)20-17(18-2)19-9-4-15-7-12-24-13-8-15;/h7,16H,3-6,8-14H2,1-2H3,(H2,18,19,20);1H. The van der Waals surface area contributed by atoms with E-state index in [0.29, 0.717) is 19.5 Å². The van der Waals surface area contributed by atoms with Gasteiger partial charge in [0, 0.05) is 32.7 Å². The highest BCUT2D eigenvalue weighted by Crippen LogP contribution is 2.15. The number of piperidine rings is 1. The maximum atomic E-state index is 12.1. The van der Waals surface area contributed by atoms with E-state index in [-0.39, 0.29) is 35.8 Å². The molecule has 7 nitrogen and oxygen atoms in total. The second kappa shape index (κ2) is 12.1. The third-order valence-corrected chi connectivity index (χ3v) is 6.75. The Bertz CT molecular complexity index is 573. The monoisotopic (exact) mass is 500 g/mol. The van der Waals surface area contributed by atoms with Crippen LogP contribution >= 0.6 is 24.0 Å².